The van der Waals surface area contributed by atoms with Gasteiger partial charge in [-0.15, -0.1) is 0 Å². The molecule has 1 fully saturated rings. The standard InChI is InChI=1S/C26H20FNO5/c27-19-9-5-4-8-18(19)23-22(24(29)17-10-11-20-21(14-17)33-13-12-32-20)25(30)26(31)28(23)15-16-6-2-1-3-7-16/h1-11,14,23,29H,12-13,15H2/b24-22+. The van der Waals surface area contributed by atoms with Gasteiger partial charge in [0.25, 0.3) is 11.7 Å². The van der Waals surface area contributed by atoms with Crippen LogP contribution in [0.2, 0.25) is 0 Å². The molecule has 0 saturated carbocycles. The van der Waals surface area contributed by atoms with Crippen LogP contribution in [-0.4, -0.2) is 34.9 Å². The third-order valence-corrected chi connectivity index (χ3v) is 5.75. The van der Waals surface area contributed by atoms with Gasteiger partial charge >= 0.3 is 0 Å². The number of aliphatic hydroxyl groups is 1. The van der Waals surface area contributed by atoms with E-state index in [0.29, 0.717) is 24.7 Å². The Labute approximate surface area is 189 Å². The zero-order chi connectivity index (χ0) is 22.9. The largest absolute Gasteiger partial charge is 0.507 e. The molecule has 2 aliphatic rings. The lowest BCUT2D eigenvalue weighted by Gasteiger charge is -2.26. The average Bonchev–Trinajstić information content (AvgIpc) is 3.09. The lowest BCUT2D eigenvalue weighted by Crippen LogP contribution is -2.29. The van der Waals surface area contributed by atoms with Crippen LogP contribution in [0.1, 0.15) is 22.7 Å². The van der Waals surface area contributed by atoms with E-state index < -0.39 is 29.3 Å². The van der Waals surface area contributed by atoms with E-state index in [2.05, 4.69) is 0 Å². The van der Waals surface area contributed by atoms with Crippen LogP contribution in [0.5, 0.6) is 11.5 Å². The number of benzene rings is 3. The maximum absolute atomic E-state index is 14.9. The lowest BCUT2D eigenvalue weighted by molar-refractivity contribution is -0.140. The fourth-order valence-electron chi connectivity index (χ4n) is 4.19. The van der Waals surface area contributed by atoms with E-state index in [1.165, 1.54) is 23.1 Å². The summed E-state index contributed by atoms with van der Waals surface area (Å²) in [6.45, 7) is 0.854. The molecule has 1 N–H and O–H groups in total. The van der Waals surface area contributed by atoms with E-state index in [1.807, 2.05) is 30.3 Å². The normalized spacial score (nSPS) is 19.1. The van der Waals surface area contributed by atoms with Crippen LogP contribution < -0.4 is 9.47 Å². The molecule has 3 aromatic rings. The van der Waals surface area contributed by atoms with E-state index >= 15 is 0 Å². The Balaban J connectivity index is 1.65. The summed E-state index contributed by atoms with van der Waals surface area (Å²) in [6.07, 6.45) is 0. The number of ether oxygens (including phenoxy) is 2. The number of hydrogen-bond acceptors (Lipinski definition) is 5. The van der Waals surface area contributed by atoms with Crippen molar-refractivity contribution in [3.05, 3.63) is 101 Å². The lowest BCUT2D eigenvalue weighted by atomic mass is 9.94. The van der Waals surface area contributed by atoms with Gasteiger partial charge in [0.2, 0.25) is 0 Å². The third kappa shape index (κ3) is 3.71. The predicted molar refractivity (Wildman–Crippen MR) is 118 cm³/mol. The van der Waals surface area contributed by atoms with Crippen molar-refractivity contribution in [2.45, 2.75) is 12.6 Å². The van der Waals surface area contributed by atoms with Gasteiger partial charge < -0.3 is 19.5 Å². The summed E-state index contributed by atoms with van der Waals surface area (Å²) in [4.78, 5) is 27.5. The van der Waals surface area contributed by atoms with Gasteiger partial charge in [-0.05, 0) is 29.8 Å². The van der Waals surface area contributed by atoms with Crippen molar-refractivity contribution in [2.75, 3.05) is 13.2 Å². The highest BCUT2D eigenvalue weighted by molar-refractivity contribution is 6.46. The Hall–Kier alpha value is -4.13. The molecule has 2 heterocycles. The minimum atomic E-state index is -1.08. The average molecular weight is 445 g/mol. The Kier molecular flexibility index (Phi) is 5.30. The number of ketones is 1. The molecule has 166 valence electrons. The second kappa shape index (κ2) is 8.43. The number of carbonyl (C=O) groups excluding carboxylic acids is 2. The van der Waals surface area contributed by atoms with Gasteiger partial charge in [-0.2, -0.15) is 0 Å². The molecule has 2 aliphatic heterocycles. The molecule has 3 aromatic carbocycles. The first-order valence-electron chi connectivity index (χ1n) is 10.5. The van der Waals surface area contributed by atoms with Gasteiger partial charge in [-0.1, -0.05) is 48.5 Å². The minimum absolute atomic E-state index is 0.0856. The molecule has 1 atom stereocenters. The SMILES string of the molecule is O=C1C(=O)N(Cc2ccccc2)C(c2ccccc2F)/C1=C(\O)c1ccc2c(c1)OCCO2. The van der Waals surface area contributed by atoms with Crippen molar-refractivity contribution in [1.29, 1.82) is 0 Å². The first-order chi connectivity index (χ1) is 16.0. The quantitative estimate of drug-likeness (QED) is 0.370. The summed E-state index contributed by atoms with van der Waals surface area (Å²) in [5.74, 6) is -1.69. The van der Waals surface area contributed by atoms with Crippen molar-refractivity contribution >= 4 is 17.4 Å². The topological polar surface area (TPSA) is 76.1 Å². The number of Topliss-reactive ketones (excluding diaryl/α,β-unsaturated/α-hetero) is 1. The van der Waals surface area contributed by atoms with E-state index in [4.69, 9.17) is 9.47 Å². The van der Waals surface area contributed by atoms with Crippen LogP contribution in [0.4, 0.5) is 4.39 Å². The zero-order valence-electron chi connectivity index (χ0n) is 17.5. The Morgan fingerprint density at radius 3 is 2.39 bits per heavy atom. The van der Waals surface area contributed by atoms with Crippen LogP contribution >= 0.6 is 0 Å². The summed E-state index contributed by atoms with van der Waals surface area (Å²) in [7, 11) is 0. The summed E-state index contributed by atoms with van der Waals surface area (Å²) in [6, 6.07) is 18.7. The maximum atomic E-state index is 14.9. The number of likely N-dealkylation sites (tertiary alicyclic amines) is 1. The number of aliphatic hydroxyl groups excluding tert-OH is 1. The van der Waals surface area contributed by atoms with E-state index in [1.54, 1.807) is 24.3 Å². The second-order valence-corrected chi connectivity index (χ2v) is 7.79. The minimum Gasteiger partial charge on any atom is -0.507 e. The molecule has 0 aromatic heterocycles. The molecule has 0 radical (unpaired) electrons. The number of fused-ring (bicyclic) bond motifs is 1. The van der Waals surface area contributed by atoms with Crippen LogP contribution in [-0.2, 0) is 16.1 Å². The fourth-order valence-corrected chi connectivity index (χ4v) is 4.19. The van der Waals surface area contributed by atoms with E-state index in [9.17, 15) is 19.1 Å². The molecular formula is C26H20FNO5. The van der Waals surface area contributed by atoms with E-state index in [-0.39, 0.29) is 23.2 Å². The van der Waals surface area contributed by atoms with Crippen molar-refractivity contribution in [1.82, 2.24) is 4.90 Å². The van der Waals surface area contributed by atoms with Crippen molar-refractivity contribution in [3.8, 4) is 11.5 Å². The summed E-state index contributed by atoms with van der Waals surface area (Å²) in [5.41, 5.74) is 1.02. The second-order valence-electron chi connectivity index (χ2n) is 7.79. The molecule has 1 unspecified atom stereocenters. The van der Waals surface area contributed by atoms with Gasteiger partial charge in [0.1, 0.15) is 24.8 Å². The molecule has 6 nitrogen and oxygen atoms in total. The molecule has 7 heteroatoms. The van der Waals surface area contributed by atoms with Crippen LogP contribution in [0.15, 0.2) is 78.4 Å². The molecule has 33 heavy (non-hydrogen) atoms. The fraction of sp³-hybridized carbons (Fsp3) is 0.154. The van der Waals surface area contributed by atoms with Gasteiger partial charge in [0.15, 0.2) is 11.5 Å². The maximum Gasteiger partial charge on any atom is 0.295 e. The number of rotatable bonds is 4. The zero-order valence-corrected chi connectivity index (χ0v) is 17.5. The smallest absolute Gasteiger partial charge is 0.295 e. The highest BCUT2D eigenvalue weighted by atomic mass is 19.1. The van der Waals surface area contributed by atoms with Crippen molar-refractivity contribution in [3.63, 3.8) is 0 Å². The number of hydrogen-bond donors (Lipinski definition) is 1. The van der Waals surface area contributed by atoms with Crippen molar-refractivity contribution < 1.29 is 28.6 Å². The Bertz CT molecular complexity index is 1270. The summed E-state index contributed by atoms with van der Waals surface area (Å²) >= 11 is 0. The van der Waals surface area contributed by atoms with E-state index in [0.717, 1.165) is 5.56 Å². The molecule has 1 saturated heterocycles. The highest BCUT2D eigenvalue weighted by Crippen LogP contribution is 2.42. The van der Waals surface area contributed by atoms with Gasteiger partial charge in [0, 0.05) is 17.7 Å². The summed E-state index contributed by atoms with van der Waals surface area (Å²) < 4.78 is 26.0. The van der Waals surface area contributed by atoms with Crippen LogP contribution in [0.3, 0.4) is 0 Å². The van der Waals surface area contributed by atoms with Gasteiger partial charge in [-0.25, -0.2) is 4.39 Å². The third-order valence-electron chi connectivity index (χ3n) is 5.75. The monoisotopic (exact) mass is 445 g/mol. The molecular weight excluding hydrogens is 425 g/mol. The molecule has 0 aliphatic carbocycles. The number of amides is 1. The van der Waals surface area contributed by atoms with Gasteiger partial charge in [0.05, 0.1) is 11.6 Å². The first-order valence-corrected chi connectivity index (χ1v) is 10.5. The Morgan fingerprint density at radius 1 is 0.939 bits per heavy atom. The molecule has 0 bridgehead atoms. The number of halogens is 1. The summed E-state index contributed by atoms with van der Waals surface area (Å²) in [5, 5.41) is 11.2. The number of nitrogens with zero attached hydrogens (tertiary/aromatic N) is 1. The molecule has 0 spiro atoms. The van der Waals surface area contributed by atoms with Crippen molar-refractivity contribution in [2.24, 2.45) is 0 Å². The molecule has 5 rings (SSSR count). The number of carbonyl (C=O) groups is 2. The molecule has 1 amide bonds. The van der Waals surface area contributed by atoms with Crippen LogP contribution in [0.25, 0.3) is 5.76 Å². The van der Waals surface area contributed by atoms with Crippen LogP contribution in [0, 0.1) is 5.82 Å². The highest BCUT2D eigenvalue weighted by Gasteiger charge is 2.47. The Morgan fingerprint density at radius 2 is 1.64 bits per heavy atom. The van der Waals surface area contributed by atoms with Gasteiger partial charge in [-0.3, -0.25) is 9.59 Å². The predicted octanol–water partition coefficient (Wildman–Crippen LogP) is 4.22. The first kappa shape index (κ1) is 20.8.